The van der Waals surface area contributed by atoms with E-state index in [1.54, 1.807) is 0 Å². The van der Waals surface area contributed by atoms with Gasteiger partial charge in [0.05, 0.1) is 0 Å². The van der Waals surface area contributed by atoms with Gasteiger partial charge in [-0.25, -0.2) is 0 Å². The highest BCUT2D eigenvalue weighted by atomic mass is 35.5. The average Bonchev–Trinajstić information content (AvgIpc) is 2.37. The first kappa shape index (κ1) is 14.0. The molecule has 0 bridgehead atoms. The third-order valence-corrected chi connectivity index (χ3v) is 3.58. The SMILES string of the molecule is Cc1cc(C)c(COc2cccc(CCl)c2)c(C)c1. The van der Waals surface area contributed by atoms with E-state index in [4.69, 9.17) is 16.3 Å². The molecule has 0 spiro atoms. The van der Waals surface area contributed by atoms with E-state index in [-0.39, 0.29) is 0 Å². The van der Waals surface area contributed by atoms with Crippen LogP contribution in [0.25, 0.3) is 0 Å². The molecular weight excluding hydrogens is 256 g/mol. The summed E-state index contributed by atoms with van der Waals surface area (Å²) in [7, 11) is 0. The molecule has 0 heterocycles. The van der Waals surface area contributed by atoms with Gasteiger partial charge in [-0.1, -0.05) is 29.8 Å². The summed E-state index contributed by atoms with van der Waals surface area (Å²) in [6.45, 7) is 6.99. The Hall–Kier alpha value is -1.47. The molecule has 0 saturated heterocycles. The number of benzene rings is 2. The smallest absolute Gasteiger partial charge is 0.120 e. The van der Waals surface area contributed by atoms with Crippen molar-refractivity contribution in [3.05, 3.63) is 64.2 Å². The molecule has 19 heavy (non-hydrogen) atoms. The number of rotatable bonds is 4. The first-order valence-electron chi connectivity index (χ1n) is 6.44. The number of halogens is 1. The highest BCUT2D eigenvalue weighted by Gasteiger charge is 2.05. The summed E-state index contributed by atoms with van der Waals surface area (Å²) < 4.78 is 5.88. The summed E-state index contributed by atoms with van der Waals surface area (Å²) in [6, 6.07) is 12.3. The van der Waals surface area contributed by atoms with Crippen LogP contribution < -0.4 is 4.74 Å². The molecule has 0 aliphatic heterocycles. The molecule has 2 heteroatoms. The van der Waals surface area contributed by atoms with Crippen molar-refractivity contribution in [2.75, 3.05) is 0 Å². The van der Waals surface area contributed by atoms with E-state index in [0.717, 1.165) is 11.3 Å². The molecule has 2 aromatic carbocycles. The molecule has 0 atom stereocenters. The van der Waals surface area contributed by atoms with E-state index in [9.17, 15) is 0 Å². The van der Waals surface area contributed by atoms with E-state index < -0.39 is 0 Å². The van der Waals surface area contributed by atoms with Crippen LogP contribution in [0.5, 0.6) is 5.75 Å². The summed E-state index contributed by atoms with van der Waals surface area (Å²) in [6.07, 6.45) is 0. The van der Waals surface area contributed by atoms with Crippen LogP contribution in [0.1, 0.15) is 27.8 Å². The van der Waals surface area contributed by atoms with E-state index in [2.05, 4.69) is 32.9 Å². The van der Waals surface area contributed by atoms with Crippen molar-refractivity contribution in [2.24, 2.45) is 0 Å². The minimum absolute atomic E-state index is 0.514. The lowest BCUT2D eigenvalue weighted by atomic mass is 10.0. The standard InChI is InChI=1S/C17H19ClO/c1-12-7-13(2)17(14(3)8-12)11-19-16-6-4-5-15(9-16)10-18/h4-9H,10-11H2,1-3H3. The molecule has 0 fully saturated rings. The lowest BCUT2D eigenvalue weighted by Gasteiger charge is -2.13. The van der Waals surface area contributed by atoms with Crippen molar-refractivity contribution in [3.8, 4) is 5.75 Å². The van der Waals surface area contributed by atoms with Crippen molar-refractivity contribution in [1.29, 1.82) is 0 Å². The van der Waals surface area contributed by atoms with Crippen molar-refractivity contribution in [1.82, 2.24) is 0 Å². The number of aryl methyl sites for hydroxylation is 3. The fourth-order valence-corrected chi connectivity index (χ4v) is 2.48. The normalized spacial score (nSPS) is 10.5. The molecule has 2 rings (SSSR count). The maximum Gasteiger partial charge on any atom is 0.120 e. The Labute approximate surface area is 120 Å². The van der Waals surface area contributed by atoms with E-state index in [1.807, 2.05) is 24.3 Å². The molecular formula is C17H19ClO. The predicted octanol–water partition coefficient (Wildman–Crippen LogP) is 4.93. The van der Waals surface area contributed by atoms with Crippen LogP contribution in [-0.4, -0.2) is 0 Å². The number of ether oxygens (including phenoxy) is 1. The Morgan fingerprint density at radius 1 is 1.00 bits per heavy atom. The van der Waals surface area contributed by atoms with E-state index in [0.29, 0.717) is 12.5 Å². The van der Waals surface area contributed by atoms with Gasteiger partial charge in [0.15, 0.2) is 0 Å². The molecule has 0 unspecified atom stereocenters. The highest BCUT2D eigenvalue weighted by molar-refractivity contribution is 6.17. The lowest BCUT2D eigenvalue weighted by Crippen LogP contribution is -2.01. The number of hydrogen-bond donors (Lipinski definition) is 0. The Bertz CT molecular complexity index is 552. The van der Waals surface area contributed by atoms with Gasteiger partial charge in [-0.05, 0) is 55.2 Å². The quantitative estimate of drug-likeness (QED) is 0.719. The summed E-state index contributed by atoms with van der Waals surface area (Å²) in [5.74, 6) is 1.39. The van der Waals surface area contributed by atoms with Crippen LogP contribution in [0.3, 0.4) is 0 Å². The van der Waals surface area contributed by atoms with Crippen molar-refractivity contribution in [3.63, 3.8) is 0 Å². The molecule has 1 nitrogen and oxygen atoms in total. The Morgan fingerprint density at radius 3 is 2.32 bits per heavy atom. The van der Waals surface area contributed by atoms with Crippen LogP contribution >= 0.6 is 11.6 Å². The van der Waals surface area contributed by atoms with Gasteiger partial charge in [-0.2, -0.15) is 0 Å². The lowest BCUT2D eigenvalue weighted by molar-refractivity contribution is 0.304. The van der Waals surface area contributed by atoms with Crippen LogP contribution in [-0.2, 0) is 12.5 Å². The molecule has 0 saturated carbocycles. The minimum Gasteiger partial charge on any atom is -0.489 e. The summed E-state index contributed by atoms with van der Waals surface area (Å²) in [4.78, 5) is 0. The molecule has 2 aromatic rings. The zero-order valence-corrected chi connectivity index (χ0v) is 12.4. The maximum atomic E-state index is 5.88. The molecule has 0 aromatic heterocycles. The highest BCUT2D eigenvalue weighted by Crippen LogP contribution is 2.20. The van der Waals surface area contributed by atoms with Crippen LogP contribution in [0, 0.1) is 20.8 Å². The Morgan fingerprint density at radius 2 is 1.68 bits per heavy atom. The first-order chi connectivity index (χ1) is 9.10. The Balaban J connectivity index is 2.14. The van der Waals surface area contributed by atoms with E-state index >= 15 is 0 Å². The van der Waals surface area contributed by atoms with Crippen molar-refractivity contribution >= 4 is 11.6 Å². The zero-order valence-electron chi connectivity index (χ0n) is 11.7. The second kappa shape index (κ2) is 6.12. The van der Waals surface area contributed by atoms with Gasteiger partial charge in [-0.15, -0.1) is 11.6 Å². The zero-order chi connectivity index (χ0) is 13.8. The average molecular weight is 275 g/mol. The molecule has 0 N–H and O–H groups in total. The molecule has 0 amide bonds. The largest absolute Gasteiger partial charge is 0.489 e. The second-order valence-electron chi connectivity index (χ2n) is 4.95. The van der Waals surface area contributed by atoms with Gasteiger partial charge < -0.3 is 4.74 Å². The van der Waals surface area contributed by atoms with Gasteiger partial charge in [0.2, 0.25) is 0 Å². The van der Waals surface area contributed by atoms with Gasteiger partial charge in [-0.3, -0.25) is 0 Å². The first-order valence-corrected chi connectivity index (χ1v) is 6.98. The van der Waals surface area contributed by atoms with Gasteiger partial charge in [0.1, 0.15) is 12.4 Å². The molecule has 100 valence electrons. The van der Waals surface area contributed by atoms with Crippen molar-refractivity contribution in [2.45, 2.75) is 33.3 Å². The Kier molecular flexibility index (Phi) is 4.49. The van der Waals surface area contributed by atoms with E-state index in [1.165, 1.54) is 22.3 Å². The minimum atomic E-state index is 0.514. The fraction of sp³-hybridized carbons (Fsp3) is 0.294. The molecule has 0 radical (unpaired) electrons. The van der Waals surface area contributed by atoms with Gasteiger partial charge in [0.25, 0.3) is 0 Å². The monoisotopic (exact) mass is 274 g/mol. The van der Waals surface area contributed by atoms with Gasteiger partial charge in [0, 0.05) is 5.88 Å². The van der Waals surface area contributed by atoms with Crippen molar-refractivity contribution < 1.29 is 4.74 Å². The summed E-state index contributed by atoms with van der Waals surface area (Å²) in [5.41, 5.74) is 6.21. The fourth-order valence-electron chi connectivity index (χ4n) is 2.31. The van der Waals surface area contributed by atoms with Crippen LogP contribution in [0.4, 0.5) is 0 Å². The second-order valence-corrected chi connectivity index (χ2v) is 5.21. The topological polar surface area (TPSA) is 9.23 Å². The number of alkyl halides is 1. The number of hydrogen-bond acceptors (Lipinski definition) is 1. The summed E-state index contributed by atoms with van der Waals surface area (Å²) in [5, 5.41) is 0. The summed E-state index contributed by atoms with van der Waals surface area (Å²) >= 11 is 5.83. The van der Waals surface area contributed by atoms with Crippen LogP contribution in [0.15, 0.2) is 36.4 Å². The van der Waals surface area contributed by atoms with Gasteiger partial charge >= 0.3 is 0 Å². The molecule has 0 aliphatic rings. The molecule has 0 aliphatic carbocycles. The maximum absolute atomic E-state index is 5.88. The predicted molar refractivity (Wildman–Crippen MR) is 81.0 cm³/mol. The third kappa shape index (κ3) is 3.51. The van der Waals surface area contributed by atoms with Crippen LogP contribution in [0.2, 0.25) is 0 Å². The third-order valence-electron chi connectivity index (χ3n) is 3.28.